The summed E-state index contributed by atoms with van der Waals surface area (Å²) in [5, 5.41) is 13.2. The Morgan fingerprint density at radius 1 is 1.26 bits per heavy atom. The third kappa shape index (κ3) is 4.36. The van der Waals surface area contributed by atoms with Crippen LogP contribution in [0.4, 0.5) is 11.4 Å². The Bertz CT molecular complexity index is 1060. The van der Waals surface area contributed by atoms with Gasteiger partial charge in [-0.2, -0.15) is 0 Å². The van der Waals surface area contributed by atoms with Crippen LogP contribution in [0.3, 0.4) is 0 Å². The highest BCUT2D eigenvalue weighted by Crippen LogP contribution is 2.37. The lowest BCUT2D eigenvalue weighted by Gasteiger charge is -2.35. The van der Waals surface area contributed by atoms with E-state index in [0.29, 0.717) is 12.4 Å². The minimum Gasteiger partial charge on any atom is -0.355 e. The van der Waals surface area contributed by atoms with Crippen molar-refractivity contribution < 1.29 is 9.90 Å². The monoisotopic (exact) mass is 438 g/mol. The van der Waals surface area contributed by atoms with Crippen LogP contribution < -0.4 is 10.2 Å². The number of benzene rings is 2. The van der Waals surface area contributed by atoms with Crippen molar-refractivity contribution in [2.75, 3.05) is 11.4 Å². The molecular formula is C24H27ClN4O2. The predicted molar refractivity (Wildman–Crippen MR) is 126 cm³/mol. The van der Waals surface area contributed by atoms with E-state index in [0.717, 1.165) is 35.7 Å². The van der Waals surface area contributed by atoms with Gasteiger partial charge >= 0.3 is 0 Å². The van der Waals surface area contributed by atoms with E-state index in [9.17, 15) is 9.90 Å². The average Bonchev–Trinajstić information content (AvgIpc) is 2.73. The Morgan fingerprint density at radius 3 is 2.71 bits per heavy atom. The van der Waals surface area contributed by atoms with Crippen molar-refractivity contribution in [1.82, 2.24) is 5.32 Å². The van der Waals surface area contributed by atoms with E-state index < -0.39 is 12.3 Å². The van der Waals surface area contributed by atoms with Gasteiger partial charge in [-0.15, -0.1) is 0 Å². The number of anilines is 1. The largest absolute Gasteiger partial charge is 0.355 e. The molecule has 0 aromatic heterocycles. The molecule has 2 unspecified atom stereocenters. The van der Waals surface area contributed by atoms with Crippen LogP contribution >= 0.6 is 11.6 Å². The first-order valence-electron chi connectivity index (χ1n) is 10.7. The van der Waals surface area contributed by atoms with Gasteiger partial charge in [-0.25, -0.2) is 9.98 Å². The molecule has 2 aliphatic rings. The van der Waals surface area contributed by atoms with Gasteiger partial charge in [-0.1, -0.05) is 44.0 Å². The van der Waals surface area contributed by atoms with Gasteiger partial charge in [0.25, 0.3) is 5.91 Å². The van der Waals surface area contributed by atoms with Gasteiger partial charge < -0.3 is 15.3 Å². The first-order chi connectivity index (χ1) is 14.9. The summed E-state index contributed by atoms with van der Waals surface area (Å²) in [7, 11) is 0. The fourth-order valence-corrected chi connectivity index (χ4v) is 4.23. The Labute approximate surface area is 187 Å². The topological polar surface area (TPSA) is 77.3 Å². The molecule has 0 saturated carbocycles. The van der Waals surface area contributed by atoms with E-state index in [-0.39, 0.29) is 11.6 Å². The number of aliphatic imine (C=N–C) groups is 2. The minimum absolute atomic E-state index is 0.253. The second-order valence-corrected chi connectivity index (χ2v) is 8.61. The second-order valence-electron chi connectivity index (χ2n) is 8.17. The van der Waals surface area contributed by atoms with Crippen molar-refractivity contribution in [3.8, 4) is 0 Å². The third-order valence-electron chi connectivity index (χ3n) is 5.89. The van der Waals surface area contributed by atoms with Crippen LogP contribution in [0.25, 0.3) is 0 Å². The van der Waals surface area contributed by atoms with E-state index >= 15 is 0 Å². The summed E-state index contributed by atoms with van der Waals surface area (Å²) >= 11 is 6.03. The van der Waals surface area contributed by atoms with Crippen molar-refractivity contribution >= 4 is 40.4 Å². The van der Waals surface area contributed by atoms with E-state index in [1.807, 2.05) is 29.2 Å². The number of carbonyl (C=O) groups excluding carboxylic acids is 1. The van der Waals surface area contributed by atoms with Gasteiger partial charge in [0.05, 0.1) is 11.4 Å². The van der Waals surface area contributed by atoms with Crippen LogP contribution in [-0.2, 0) is 11.2 Å². The molecule has 0 radical (unpaired) electrons. The summed E-state index contributed by atoms with van der Waals surface area (Å²) in [6, 6.07) is 12.1. The maximum atomic E-state index is 12.5. The minimum atomic E-state index is -1.26. The van der Waals surface area contributed by atoms with Crippen LogP contribution in [0.15, 0.2) is 46.4 Å². The highest BCUT2D eigenvalue weighted by atomic mass is 35.5. The molecule has 2 N–H and O–H groups in total. The first-order valence-corrected chi connectivity index (χ1v) is 11.1. The molecule has 31 heavy (non-hydrogen) atoms. The first kappa shape index (κ1) is 21.5. The smallest absolute Gasteiger partial charge is 0.277 e. The fraction of sp³-hybridized carbons (Fsp3) is 0.375. The lowest BCUT2D eigenvalue weighted by molar-refractivity contribution is -0.117. The number of amides is 1. The quantitative estimate of drug-likeness (QED) is 0.697. The van der Waals surface area contributed by atoms with Crippen LogP contribution in [0, 0.1) is 6.92 Å². The van der Waals surface area contributed by atoms with Gasteiger partial charge in [0.15, 0.2) is 11.5 Å². The Balaban J connectivity index is 1.69. The summed E-state index contributed by atoms with van der Waals surface area (Å²) in [5.41, 5.74) is 5.57. The third-order valence-corrected chi connectivity index (χ3v) is 6.14. The van der Waals surface area contributed by atoms with Crippen LogP contribution in [0.2, 0.25) is 5.02 Å². The highest BCUT2D eigenvalue weighted by Gasteiger charge is 2.35. The van der Waals surface area contributed by atoms with Gasteiger partial charge in [-0.3, -0.25) is 4.79 Å². The molecule has 0 fully saturated rings. The molecule has 0 bridgehead atoms. The molecule has 0 spiro atoms. The summed E-state index contributed by atoms with van der Waals surface area (Å²) in [5.74, 6) is 0.303. The number of carbonyl (C=O) groups is 1. The molecule has 2 heterocycles. The van der Waals surface area contributed by atoms with E-state index in [4.69, 9.17) is 11.6 Å². The van der Waals surface area contributed by atoms with E-state index in [1.54, 1.807) is 0 Å². The van der Waals surface area contributed by atoms with Crippen molar-refractivity contribution in [3.05, 3.63) is 58.1 Å². The van der Waals surface area contributed by atoms with Crippen molar-refractivity contribution in [2.24, 2.45) is 9.98 Å². The number of amidine groups is 1. The van der Waals surface area contributed by atoms with E-state index in [2.05, 4.69) is 48.2 Å². The molecule has 2 aromatic carbocycles. The number of hydrogen-bond acceptors (Lipinski definition) is 5. The Hall–Kier alpha value is -2.70. The molecule has 162 valence electrons. The zero-order valence-corrected chi connectivity index (χ0v) is 18.8. The zero-order chi connectivity index (χ0) is 22.1. The van der Waals surface area contributed by atoms with Gasteiger partial charge in [-0.05, 0) is 66.6 Å². The molecule has 6 nitrogen and oxygen atoms in total. The standard InChI is InChI=1S/C24H27ClN4O2/c1-4-5-17-13-19-20(12-15(17)3)29(22-21(26-19)23(30)28-24(31)27-22)11-10-14(2)16-6-8-18(25)9-7-16/h6-9,12-14,24,31H,4-5,10-11H2,1-3H3,(H,28,30). The van der Waals surface area contributed by atoms with Gasteiger partial charge in [0, 0.05) is 11.6 Å². The summed E-state index contributed by atoms with van der Waals surface area (Å²) in [6.07, 6.45) is 1.57. The molecule has 0 saturated heterocycles. The van der Waals surface area contributed by atoms with Gasteiger partial charge in [0.1, 0.15) is 0 Å². The summed E-state index contributed by atoms with van der Waals surface area (Å²) < 4.78 is 0. The lowest BCUT2D eigenvalue weighted by atomic mass is 9.96. The van der Waals surface area contributed by atoms with Crippen LogP contribution in [-0.4, -0.2) is 35.5 Å². The van der Waals surface area contributed by atoms with Crippen molar-refractivity contribution in [3.63, 3.8) is 0 Å². The normalized spacial score (nSPS) is 18.5. The summed E-state index contributed by atoms with van der Waals surface area (Å²) in [6.45, 7) is 7.06. The average molecular weight is 439 g/mol. The molecule has 1 amide bonds. The molecule has 0 aliphatic carbocycles. The van der Waals surface area contributed by atoms with Crippen molar-refractivity contribution in [2.45, 2.75) is 52.3 Å². The second kappa shape index (κ2) is 8.81. The highest BCUT2D eigenvalue weighted by molar-refractivity contribution is 6.70. The molecular weight excluding hydrogens is 412 g/mol. The number of nitrogens with one attached hydrogen (secondary N) is 1. The Morgan fingerprint density at radius 2 is 2.00 bits per heavy atom. The Kier molecular flexibility index (Phi) is 6.12. The molecule has 4 rings (SSSR count). The summed E-state index contributed by atoms with van der Waals surface area (Å²) in [4.78, 5) is 23.5. The zero-order valence-electron chi connectivity index (χ0n) is 18.0. The molecule has 2 atom stereocenters. The number of aliphatic hydroxyl groups excluding tert-OH is 1. The van der Waals surface area contributed by atoms with Crippen molar-refractivity contribution in [1.29, 1.82) is 0 Å². The number of halogens is 1. The number of aliphatic hydroxyl groups is 1. The van der Waals surface area contributed by atoms with Gasteiger partial charge in [0.2, 0.25) is 6.35 Å². The predicted octanol–water partition coefficient (Wildman–Crippen LogP) is 4.49. The maximum absolute atomic E-state index is 12.5. The number of nitrogens with zero attached hydrogens (tertiary/aromatic N) is 3. The lowest BCUT2D eigenvalue weighted by Crippen LogP contribution is -2.54. The molecule has 7 heteroatoms. The maximum Gasteiger partial charge on any atom is 0.277 e. The number of hydrogen-bond donors (Lipinski definition) is 2. The fourth-order valence-electron chi connectivity index (χ4n) is 4.11. The van der Waals surface area contributed by atoms with E-state index in [1.165, 1.54) is 16.7 Å². The van der Waals surface area contributed by atoms with Crippen LogP contribution in [0.5, 0.6) is 0 Å². The number of fused-ring (bicyclic) bond motifs is 2. The SMILES string of the molecule is CCCc1cc2c(cc1C)N(CCC(C)c1ccc(Cl)cc1)C1=NC(O)NC(=O)C1=N2. The molecule has 2 aliphatic heterocycles. The van der Waals surface area contributed by atoms with Crippen LogP contribution in [0.1, 0.15) is 49.3 Å². The number of rotatable bonds is 6. The number of aryl methyl sites for hydroxylation is 2. The molecule has 2 aromatic rings.